The largest absolute Gasteiger partial charge is 0.388 e. The van der Waals surface area contributed by atoms with Crippen molar-refractivity contribution in [3.05, 3.63) is 35.4 Å². The van der Waals surface area contributed by atoms with Crippen LogP contribution in [0.3, 0.4) is 0 Å². The average Bonchev–Trinajstić information content (AvgIpc) is 2.65. The smallest absolute Gasteiger partial charge is 0.151 e. The first-order valence-corrected chi connectivity index (χ1v) is 7.65. The summed E-state index contributed by atoms with van der Waals surface area (Å²) in [5.74, 6) is -2.02. The maximum Gasteiger partial charge on any atom is 0.151 e. The SMILES string of the molecule is NCC1(C(O)c2ccc(F)cc2F)CCS(=O)(=O)C1. The van der Waals surface area contributed by atoms with E-state index in [1.807, 2.05) is 0 Å². The molecule has 2 unspecified atom stereocenters. The predicted molar refractivity (Wildman–Crippen MR) is 66.1 cm³/mol. The summed E-state index contributed by atoms with van der Waals surface area (Å²) in [5, 5.41) is 10.3. The number of aliphatic hydroxyl groups is 1. The van der Waals surface area contributed by atoms with Crippen LogP contribution in [0.5, 0.6) is 0 Å². The minimum absolute atomic E-state index is 0.0792. The summed E-state index contributed by atoms with van der Waals surface area (Å²) in [6.45, 7) is -0.0792. The second-order valence-corrected chi connectivity index (χ2v) is 7.16. The molecule has 0 radical (unpaired) electrons. The maximum absolute atomic E-state index is 13.7. The van der Waals surface area contributed by atoms with Crippen molar-refractivity contribution in [3.63, 3.8) is 0 Å². The molecule has 1 aromatic rings. The van der Waals surface area contributed by atoms with E-state index in [-0.39, 0.29) is 30.0 Å². The van der Waals surface area contributed by atoms with Crippen LogP contribution < -0.4 is 5.73 Å². The van der Waals surface area contributed by atoms with Crippen LogP contribution in [-0.2, 0) is 9.84 Å². The fourth-order valence-corrected chi connectivity index (χ4v) is 4.64. The van der Waals surface area contributed by atoms with Gasteiger partial charge in [-0.2, -0.15) is 0 Å². The number of hydrogen-bond acceptors (Lipinski definition) is 4. The minimum atomic E-state index is -3.28. The summed E-state index contributed by atoms with van der Waals surface area (Å²) < 4.78 is 49.6. The van der Waals surface area contributed by atoms with E-state index in [0.717, 1.165) is 12.1 Å². The Balaban J connectivity index is 2.39. The zero-order valence-corrected chi connectivity index (χ0v) is 11.0. The van der Waals surface area contributed by atoms with Crippen molar-refractivity contribution in [1.29, 1.82) is 0 Å². The van der Waals surface area contributed by atoms with Gasteiger partial charge in [-0.15, -0.1) is 0 Å². The second kappa shape index (κ2) is 4.81. The third-order valence-electron chi connectivity index (χ3n) is 3.66. The molecule has 1 saturated heterocycles. The molecule has 1 fully saturated rings. The first-order valence-electron chi connectivity index (χ1n) is 5.83. The van der Waals surface area contributed by atoms with Gasteiger partial charge in [0.15, 0.2) is 9.84 Å². The normalized spacial score (nSPS) is 27.4. The van der Waals surface area contributed by atoms with Crippen LogP contribution in [0, 0.1) is 17.0 Å². The highest BCUT2D eigenvalue weighted by molar-refractivity contribution is 7.91. The van der Waals surface area contributed by atoms with Crippen LogP contribution >= 0.6 is 0 Å². The van der Waals surface area contributed by atoms with Gasteiger partial charge < -0.3 is 10.8 Å². The molecule has 0 aliphatic carbocycles. The van der Waals surface area contributed by atoms with Crippen LogP contribution in [-0.4, -0.2) is 31.6 Å². The number of nitrogens with two attached hydrogens (primary N) is 1. The molecule has 1 heterocycles. The van der Waals surface area contributed by atoms with Crippen molar-refractivity contribution < 1.29 is 22.3 Å². The molecule has 2 atom stereocenters. The van der Waals surface area contributed by atoms with Crippen molar-refractivity contribution in [1.82, 2.24) is 0 Å². The van der Waals surface area contributed by atoms with Gasteiger partial charge in [-0.1, -0.05) is 6.07 Å². The Bertz CT molecular complexity index is 591. The van der Waals surface area contributed by atoms with Gasteiger partial charge in [-0.25, -0.2) is 17.2 Å². The third-order valence-corrected chi connectivity index (χ3v) is 5.50. The number of hydrogen-bond donors (Lipinski definition) is 2. The van der Waals surface area contributed by atoms with E-state index in [1.54, 1.807) is 0 Å². The van der Waals surface area contributed by atoms with E-state index in [4.69, 9.17) is 5.73 Å². The van der Waals surface area contributed by atoms with Crippen molar-refractivity contribution in [2.24, 2.45) is 11.1 Å². The van der Waals surface area contributed by atoms with E-state index >= 15 is 0 Å². The summed E-state index contributed by atoms with van der Waals surface area (Å²) in [6, 6.07) is 2.80. The number of rotatable bonds is 3. The van der Waals surface area contributed by atoms with Crippen molar-refractivity contribution in [2.75, 3.05) is 18.1 Å². The Morgan fingerprint density at radius 1 is 1.42 bits per heavy atom. The summed E-state index contributed by atoms with van der Waals surface area (Å²) in [7, 11) is -3.28. The number of halogens is 2. The quantitative estimate of drug-likeness (QED) is 0.861. The van der Waals surface area contributed by atoms with Crippen LogP contribution in [0.2, 0.25) is 0 Å². The van der Waals surface area contributed by atoms with E-state index in [2.05, 4.69) is 0 Å². The molecule has 19 heavy (non-hydrogen) atoms. The minimum Gasteiger partial charge on any atom is -0.388 e. The maximum atomic E-state index is 13.7. The molecule has 0 bridgehead atoms. The van der Waals surface area contributed by atoms with Gasteiger partial charge in [-0.3, -0.25) is 0 Å². The fraction of sp³-hybridized carbons (Fsp3) is 0.500. The Morgan fingerprint density at radius 2 is 2.11 bits per heavy atom. The molecule has 2 rings (SSSR count). The first-order chi connectivity index (χ1) is 8.80. The molecule has 106 valence electrons. The van der Waals surface area contributed by atoms with Crippen LogP contribution in [0.25, 0.3) is 0 Å². The molecule has 1 aliphatic heterocycles. The summed E-state index contributed by atoms with van der Waals surface area (Å²) in [6.07, 6.45) is -1.19. The standard InChI is InChI=1S/C12H15F2NO3S/c13-8-1-2-9(10(14)5-8)11(16)12(6-15)3-4-19(17,18)7-12/h1-2,5,11,16H,3-4,6-7,15H2. The highest BCUT2D eigenvalue weighted by atomic mass is 32.2. The molecular formula is C12H15F2NO3S. The summed E-state index contributed by atoms with van der Waals surface area (Å²) in [5.41, 5.74) is 4.37. The second-order valence-electron chi connectivity index (χ2n) is 4.98. The lowest BCUT2D eigenvalue weighted by Gasteiger charge is -2.32. The fourth-order valence-electron chi connectivity index (χ4n) is 2.48. The van der Waals surface area contributed by atoms with Gasteiger partial charge in [0.05, 0.1) is 17.6 Å². The van der Waals surface area contributed by atoms with Crippen molar-refractivity contribution in [3.8, 4) is 0 Å². The Labute approximate surface area is 110 Å². The van der Waals surface area contributed by atoms with E-state index < -0.39 is 33.0 Å². The average molecular weight is 291 g/mol. The lowest BCUT2D eigenvalue weighted by molar-refractivity contribution is 0.0442. The van der Waals surface area contributed by atoms with E-state index in [1.165, 1.54) is 0 Å². The molecular weight excluding hydrogens is 276 g/mol. The molecule has 7 heteroatoms. The molecule has 3 N–H and O–H groups in total. The van der Waals surface area contributed by atoms with Crippen LogP contribution in [0.15, 0.2) is 18.2 Å². The van der Waals surface area contributed by atoms with Gasteiger partial charge in [0.1, 0.15) is 11.6 Å². The highest BCUT2D eigenvalue weighted by Gasteiger charge is 2.47. The van der Waals surface area contributed by atoms with E-state index in [9.17, 15) is 22.3 Å². The van der Waals surface area contributed by atoms with Crippen LogP contribution in [0.4, 0.5) is 8.78 Å². The third kappa shape index (κ3) is 2.63. The first kappa shape index (κ1) is 14.4. The van der Waals surface area contributed by atoms with Crippen molar-refractivity contribution in [2.45, 2.75) is 12.5 Å². The molecule has 0 aromatic heterocycles. The van der Waals surface area contributed by atoms with Gasteiger partial charge in [-0.05, 0) is 12.5 Å². The molecule has 0 saturated carbocycles. The lowest BCUT2D eigenvalue weighted by atomic mass is 9.78. The molecule has 1 aromatic carbocycles. The summed E-state index contributed by atoms with van der Waals surface area (Å²) >= 11 is 0. The number of benzene rings is 1. The zero-order valence-electron chi connectivity index (χ0n) is 10.1. The number of aliphatic hydroxyl groups excluding tert-OH is 1. The Kier molecular flexibility index (Phi) is 3.63. The molecule has 1 aliphatic rings. The molecule has 0 amide bonds. The summed E-state index contributed by atoms with van der Waals surface area (Å²) in [4.78, 5) is 0. The number of sulfone groups is 1. The van der Waals surface area contributed by atoms with Crippen LogP contribution in [0.1, 0.15) is 18.1 Å². The highest BCUT2D eigenvalue weighted by Crippen LogP contribution is 2.43. The van der Waals surface area contributed by atoms with E-state index in [0.29, 0.717) is 6.07 Å². The lowest BCUT2D eigenvalue weighted by Crippen LogP contribution is -2.38. The topological polar surface area (TPSA) is 80.4 Å². The van der Waals surface area contributed by atoms with Crippen molar-refractivity contribution >= 4 is 9.84 Å². The van der Waals surface area contributed by atoms with Gasteiger partial charge in [0.2, 0.25) is 0 Å². The van der Waals surface area contributed by atoms with Gasteiger partial charge in [0, 0.05) is 23.6 Å². The molecule has 0 spiro atoms. The monoisotopic (exact) mass is 291 g/mol. The zero-order chi connectivity index (χ0) is 14.3. The van der Waals surface area contributed by atoms with Gasteiger partial charge in [0.25, 0.3) is 0 Å². The van der Waals surface area contributed by atoms with Gasteiger partial charge >= 0.3 is 0 Å². The predicted octanol–water partition coefficient (Wildman–Crippen LogP) is 0.762. The Hall–Kier alpha value is -1.05. The Morgan fingerprint density at radius 3 is 2.58 bits per heavy atom. The molecule has 4 nitrogen and oxygen atoms in total.